The molecule has 3 aromatic rings. The third-order valence-electron chi connectivity index (χ3n) is 4.95. The van der Waals surface area contributed by atoms with Crippen LogP contribution in [0.15, 0.2) is 46.2 Å². The highest BCUT2D eigenvalue weighted by atomic mass is 32.1. The van der Waals surface area contributed by atoms with Crippen LogP contribution in [0.4, 0.5) is 0 Å². The molecule has 0 atom stereocenters. The van der Waals surface area contributed by atoms with Crippen LogP contribution in [0.5, 0.6) is 0 Å². The second-order valence-electron chi connectivity index (χ2n) is 6.86. The zero-order chi connectivity index (χ0) is 18.6. The molecule has 3 heterocycles. The lowest BCUT2D eigenvalue weighted by Crippen LogP contribution is -2.45. The second-order valence-corrected chi connectivity index (χ2v) is 7.81. The molecule has 0 amide bonds. The van der Waals surface area contributed by atoms with Gasteiger partial charge in [-0.15, -0.1) is 11.3 Å². The predicted octanol–water partition coefficient (Wildman–Crippen LogP) is 3.90. The van der Waals surface area contributed by atoms with Crippen molar-refractivity contribution >= 4 is 11.3 Å². The number of piperazine rings is 1. The molecule has 4 rings (SSSR count). The Kier molecular flexibility index (Phi) is 5.35. The van der Waals surface area contributed by atoms with Crippen LogP contribution in [0.1, 0.15) is 22.6 Å². The molecule has 0 unspecified atom stereocenters. The van der Waals surface area contributed by atoms with Gasteiger partial charge in [-0.05, 0) is 36.1 Å². The zero-order valence-corrected chi connectivity index (χ0v) is 16.2. The van der Waals surface area contributed by atoms with E-state index in [0.29, 0.717) is 5.56 Å². The molecule has 27 heavy (non-hydrogen) atoms. The number of oxazole rings is 1. The lowest BCUT2D eigenvalue weighted by atomic mass is 10.1. The standard InChI is InChI=1S/C21H22N4OS/c1-16-19(23-21(26-16)20-3-2-12-27-20)15-25-10-8-24(9-11-25)14-18-6-4-17(13-22)5-7-18/h2-7,12H,8-11,14-15H2,1H3. The van der Waals surface area contributed by atoms with E-state index in [2.05, 4.69) is 28.0 Å². The maximum Gasteiger partial charge on any atom is 0.236 e. The van der Waals surface area contributed by atoms with E-state index in [1.807, 2.05) is 36.6 Å². The molecule has 0 N–H and O–H groups in total. The van der Waals surface area contributed by atoms with Gasteiger partial charge in [0.05, 0.1) is 22.2 Å². The Morgan fingerprint density at radius 2 is 1.78 bits per heavy atom. The summed E-state index contributed by atoms with van der Waals surface area (Å²) in [7, 11) is 0. The van der Waals surface area contributed by atoms with Crippen LogP contribution in [0.25, 0.3) is 10.8 Å². The number of aryl methyl sites for hydroxylation is 1. The molecule has 0 saturated carbocycles. The molecule has 1 aliphatic heterocycles. The van der Waals surface area contributed by atoms with Crippen molar-refractivity contribution in [1.82, 2.24) is 14.8 Å². The summed E-state index contributed by atoms with van der Waals surface area (Å²) in [6, 6.07) is 14.1. The quantitative estimate of drug-likeness (QED) is 0.674. The lowest BCUT2D eigenvalue weighted by molar-refractivity contribution is 0.121. The van der Waals surface area contributed by atoms with Gasteiger partial charge < -0.3 is 4.42 Å². The van der Waals surface area contributed by atoms with Crippen LogP contribution in [0, 0.1) is 18.3 Å². The maximum atomic E-state index is 8.90. The number of hydrogen-bond acceptors (Lipinski definition) is 6. The van der Waals surface area contributed by atoms with E-state index in [1.54, 1.807) is 11.3 Å². The molecule has 2 aromatic heterocycles. The van der Waals surface area contributed by atoms with Crippen LogP contribution in [-0.4, -0.2) is 41.0 Å². The largest absolute Gasteiger partial charge is 0.440 e. The fraction of sp³-hybridized carbons (Fsp3) is 0.333. The highest BCUT2D eigenvalue weighted by molar-refractivity contribution is 7.13. The molecule has 6 heteroatoms. The third kappa shape index (κ3) is 4.28. The number of nitriles is 1. The van der Waals surface area contributed by atoms with Crippen molar-refractivity contribution in [3.8, 4) is 16.8 Å². The first-order valence-corrected chi connectivity index (χ1v) is 10.0. The summed E-state index contributed by atoms with van der Waals surface area (Å²) in [5, 5.41) is 10.9. The van der Waals surface area contributed by atoms with Gasteiger partial charge in [-0.2, -0.15) is 5.26 Å². The van der Waals surface area contributed by atoms with Gasteiger partial charge in [0, 0.05) is 39.3 Å². The number of rotatable bonds is 5. The van der Waals surface area contributed by atoms with Gasteiger partial charge in [-0.25, -0.2) is 4.98 Å². The van der Waals surface area contributed by atoms with Crippen molar-refractivity contribution in [2.24, 2.45) is 0 Å². The number of hydrogen-bond donors (Lipinski definition) is 0. The Morgan fingerprint density at radius 3 is 2.41 bits per heavy atom. The smallest absolute Gasteiger partial charge is 0.236 e. The van der Waals surface area contributed by atoms with Gasteiger partial charge in [0.1, 0.15) is 5.76 Å². The predicted molar refractivity (Wildman–Crippen MR) is 106 cm³/mol. The summed E-state index contributed by atoms with van der Waals surface area (Å²) < 4.78 is 5.86. The van der Waals surface area contributed by atoms with Gasteiger partial charge in [0.25, 0.3) is 0 Å². The van der Waals surface area contributed by atoms with Crippen LogP contribution >= 0.6 is 11.3 Å². The number of thiophene rings is 1. The van der Waals surface area contributed by atoms with E-state index in [0.717, 1.165) is 61.5 Å². The van der Waals surface area contributed by atoms with E-state index in [9.17, 15) is 0 Å². The molecule has 0 spiro atoms. The van der Waals surface area contributed by atoms with E-state index >= 15 is 0 Å². The molecule has 1 aromatic carbocycles. The number of benzene rings is 1. The fourth-order valence-electron chi connectivity index (χ4n) is 3.34. The first kappa shape index (κ1) is 17.9. The third-order valence-corrected chi connectivity index (χ3v) is 5.81. The SMILES string of the molecule is Cc1oc(-c2cccs2)nc1CN1CCN(Cc2ccc(C#N)cc2)CC1. The number of nitrogens with zero attached hydrogens (tertiary/aromatic N) is 4. The number of aromatic nitrogens is 1. The van der Waals surface area contributed by atoms with Crippen molar-refractivity contribution in [3.05, 3.63) is 64.4 Å². The Morgan fingerprint density at radius 1 is 1.07 bits per heavy atom. The van der Waals surface area contributed by atoms with E-state index in [-0.39, 0.29) is 0 Å². The van der Waals surface area contributed by atoms with Crippen molar-refractivity contribution in [1.29, 1.82) is 5.26 Å². The fourth-order valence-corrected chi connectivity index (χ4v) is 3.99. The molecule has 1 aliphatic rings. The minimum Gasteiger partial charge on any atom is -0.440 e. The Labute approximate surface area is 163 Å². The summed E-state index contributed by atoms with van der Waals surface area (Å²) in [6.07, 6.45) is 0. The molecule has 0 bridgehead atoms. The summed E-state index contributed by atoms with van der Waals surface area (Å²) in [6.45, 7) is 7.90. The monoisotopic (exact) mass is 378 g/mol. The molecule has 0 aliphatic carbocycles. The van der Waals surface area contributed by atoms with Crippen LogP contribution in [-0.2, 0) is 13.1 Å². The highest BCUT2D eigenvalue weighted by Gasteiger charge is 2.20. The summed E-state index contributed by atoms with van der Waals surface area (Å²) in [5.74, 6) is 1.65. The average Bonchev–Trinajstić information content (AvgIpc) is 3.34. The molecule has 1 fully saturated rings. The molecular weight excluding hydrogens is 356 g/mol. The van der Waals surface area contributed by atoms with Crippen LogP contribution in [0.2, 0.25) is 0 Å². The summed E-state index contributed by atoms with van der Waals surface area (Å²) in [5.41, 5.74) is 3.02. The normalized spacial score (nSPS) is 15.7. The topological polar surface area (TPSA) is 56.3 Å². The van der Waals surface area contributed by atoms with Gasteiger partial charge in [-0.3, -0.25) is 9.80 Å². The first-order chi connectivity index (χ1) is 13.2. The highest BCUT2D eigenvalue weighted by Crippen LogP contribution is 2.26. The van der Waals surface area contributed by atoms with E-state index < -0.39 is 0 Å². The Hall–Kier alpha value is -2.46. The minimum absolute atomic E-state index is 0.716. The van der Waals surface area contributed by atoms with E-state index in [1.165, 1.54) is 5.56 Å². The Bertz CT molecular complexity index is 916. The van der Waals surface area contributed by atoms with E-state index in [4.69, 9.17) is 14.7 Å². The summed E-state index contributed by atoms with van der Waals surface area (Å²) in [4.78, 5) is 10.7. The molecule has 138 valence electrons. The summed E-state index contributed by atoms with van der Waals surface area (Å²) >= 11 is 1.65. The zero-order valence-electron chi connectivity index (χ0n) is 15.4. The lowest BCUT2D eigenvalue weighted by Gasteiger charge is -2.34. The van der Waals surface area contributed by atoms with Crippen molar-refractivity contribution < 1.29 is 4.42 Å². The maximum absolute atomic E-state index is 8.90. The molecule has 5 nitrogen and oxygen atoms in total. The van der Waals surface area contributed by atoms with Gasteiger partial charge in [0.2, 0.25) is 5.89 Å². The van der Waals surface area contributed by atoms with Crippen molar-refractivity contribution in [3.63, 3.8) is 0 Å². The average molecular weight is 379 g/mol. The molecular formula is C21H22N4OS. The first-order valence-electron chi connectivity index (χ1n) is 9.15. The van der Waals surface area contributed by atoms with Crippen molar-refractivity contribution in [2.45, 2.75) is 20.0 Å². The van der Waals surface area contributed by atoms with Gasteiger partial charge >= 0.3 is 0 Å². The van der Waals surface area contributed by atoms with Gasteiger partial charge in [-0.1, -0.05) is 18.2 Å². The minimum atomic E-state index is 0.716. The Balaban J connectivity index is 1.31. The second kappa shape index (κ2) is 8.05. The molecule has 1 saturated heterocycles. The van der Waals surface area contributed by atoms with Crippen LogP contribution in [0.3, 0.4) is 0 Å². The van der Waals surface area contributed by atoms with Gasteiger partial charge in [0.15, 0.2) is 0 Å². The van der Waals surface area contributed by atoms with Crippen molar-refractivity contribution in [2.75, 3.05) is 26.2 Å². The molecule has 0 radical (unpaired) electrons. The van der Waals surface area contributed by atoms with Crippen LogP contribution < -0.4 is 0 Å².